The number of nitrogens with zero attached hydrogens (tertiary/aromatic N) is 4. The first-order valence-corrected chi connectivity index (χ1v) is 15.1. The Morgan fingerprint density at radius 2 is 1.67 bits per heavy atom. The molecule has 0 unspecified atom stereocenters. The molecule has 2 aliphatic rings. The van der Waals surface area contributed by atoms with Crippen molar-refractivity contribution >= 4 is 33.0 Å². The van der Waals surface area contributed by atoms with Crippen LogP contribution in [0.15, 0.2) is 65.6 Å². The van der Waals surface area contributed by atoms with Crippen LogP contribution in [0.1, 0.15) is 28.8 Å². The van der Waals surface area contributed by atoms with Gasteiger partial charge in [0.05, 0.1) is 11.9 Å². The summed E-state index contributed by atoms with van der Waals surface area (Å²) in [6.45, 7) is 0.0331. The Labute approximate surface area is 251 Å². The molecule has 1 aliphatic carbocycles. The lowest BCUT2D eigenvalue weighted by atomic mass is 10.1. The third-order valence-electron chi connectivity index (χ3n) is 7.65. The highest BCUT2D eigenvalue weighted by Crippen LogP contribution is 2.40. The molecule has 0 spiro atoms. The third kappa shape index (κ3) is 5.75. The van der Waals surface area contributed by atoms with E-state index in [2.05, 4.69) is 4.98 Å². The summed E-state index contributed by atoms with van der Waals surface area (Å²) >= 11 is 0. The van der Waals surface area contributed by atoms with E-state index in [0.29, 0.717) is 28.5 Å². The van der Waals surface area contributed by atoms with Crippen molar-refractivity contribution in [3.63, 3.8) is 0 Å². The Balaban J connectivity index is 1.47. The van der Waals surface area contributed by atoms with Gasteiger partial charge in [-0.2, -0.15) is 25.9 Å². The maximum Gasteiger partial charge on any atom is 0.408 e. The van der Waals surface area contributed by atoms with Crippen LogP contribution in [-0.4, -0.2) is 53.5 Å². The number of anilines is 1. The molecule has 1 amide bonds. The van der Waals surface area contributed by atoms with E-state index in [4.69, 9.17) is 0 Å². The fourth-order valence-corrected chi connectivity index (χ4v) is 6.85. The molecule has 1 saturated heterocycles. The van der Waals surface area contributed by atoms with Crippen LogP contribution in [0.4, 0.5) is 32.2 Å². The van der Waals surface area contributed by atoms with Crippen LogP contribution >= 0.6 is 0 Å². The maximum absolute atomic E-state index is 15.1. The summed E-state index contributed by atoms with van der Waals surface area (Å²) in [7, 11) is -4.16. The molecule has 1 N–H and O–H groups in total. The summed E-state index contributed by atoms with van der Waals surface area (Å²) in [6.07, 6.45) is -3.81. The van der Waals surface area contributed by atoms with Crippen LogP contribution in [0.2, 0.25) is 0 Å². The van der Waals surface area contributed by atoms with Crippen molar-refractivity contribution in [1.82, 2.24) is 19.2 Å². The van der Waals surface area contributed by atoms with Crippen LogP contribution in [0, 0.1) is 23.4 Å². The monoisotopic (exact) mass is 651 g/mol. The fraction of sp³-hybridized carbons (Fsp3) is 0.276. The molecule has 4 aromatic rings. The number of rotatable bonds is 7. The number of aromatic nitrogens is 2. The van der Waals surface area contributed by atoms with Crippen molar-refractivity contribution in [2.75, 3.05) is 17.4 Å². The van der Waals surface area contributed by atoms with Gasteiger partial charge in [-0.3, -0.25) is 14.2 Å². The molecule has 236 valence electrons. The molecule has 16 heteroatoms. The first kappa shape index (κ1) is 30.6. The normalized spacial score (nSPS) is 17.5. The summed E-state index contributed by atoms with van der Waals surface area (Å²) < 4.78 is 114. The molecule has 1 aliphatic heterocycles. The van der Waals surface area contributed by atoms with Gasteiger partial charge in [0.25, 0.3) is 5.91 Å². The predicted octanol–water partition coefficient (Wildman–Crippen LogP) is 4.44. The van der Waals surface area contributed by atoms with E-state index in [1.165, 1.54) is 4.31 Å². The third-order valence-corrected chi connectivity index (χ3v) is 9.54. The highest BCUT2D eigenvalue weighted by atomic mass is 32.2. The fourth-order valence-electron chi connectivity index (χ4n) is 5.30. The molecule has 45 heavy (non-hydrogen) atoms. The van der Waals surface area contributed by atoms with Gasteiger partial charge < -0.3 is 5.32 Å². The van der Waals surface area contributed by atoms with E-state index in [0.717, 1.165) is 16.4 Å². The summed E-state index contributed by atoms with van der Waals surface area (Å²) in [6, 6.07) is 9.34. The van der Waals surface area contributed by atoms with Crippen molar-refractivity contribution < 1.29 is 39.6 Å². The quantitative estimate of drug-likeness (QED) is 0.298. The average molecular weight is 652 g/mol. The van der Waals surface area contributed by atoms with E-state index >= 15 is 8.78 Å². The van der Waals surface area contributed by atoms with Crippen molar-refractivity contribution in [3.8, 4) is 5.69 Å². The number of fused-ring (bicyclic) bond motifs is 1. The SMILES string of the molecule is O=C(N[C@@H](C1CC1)C(F)(F)F)c1cn(-c2c(F)cc(F)cc2F)c2nc(N3CCN(Cc4ccccc4)S3(=O)=O)ccc2c1=O. The number of alkyl halides is 3. The zero-order valence-corrected chi connectivity index (χ0v) is 23.9. The van der Waals surface area contributed by atoms with Gasteiger partial charge in [-0.05, 0) is 36.5 Å². The standard InChI is InChI=1S/C29H23F6N5O4S/c30-18-12-21(31)24(22(32)13-18)39-15-20(28(42)37-26(17-6-7-17)29(33,34)35)25(41)19-8-9-23(36-27(19)39)40-11-10-38(45(40,43)44)14-16-4-2-1-3-5-16/h1-5,8-9,12-13,15,17,26H,6-7,10-11,14H2,(H,37,42)/t26-/m0/s1. The van der Waals surface area contributed by atoms with Crippen molar-refractivity contribution in [3.05, 3.63) is 99.6 Å². The Bertz CT molecular complexity index is 1960. The second-order valence-corrected chi connectivity index (χ2v) is 12.6. The Morgan fingerprint density at radius 1 is 1.00 bits per heavy atom. The van der Waals surface area contributed by atoms with Crippen molar-refractivity contribution in [2.45, 2.75) is 31.6 Å². The van der Waals surface area contributed by atoms with Crippen LogP contribution in [0.25, 0.3) is 16.7 Å². The van der Waals surface area contributed by atoms with Crippen LogP contribution in [0.5, 0.6) is 0 Å². The molecule has 3 heterocycles. The molecule has 0 bridgehead atoms. The number of hydrogen-bond donors (Lipinski definition) is 1. The molecule has 2 aromatic carbocycles. The number of pyridine rings is 2. The van der Waals surface area contributed by atoms with Crippen LogP contribution < -0.4 is 15.1 Å². The van der Waals surface area contributed by atoms with Crippen LogP contribution in [0.3, 0.4) is 0 Å². The van der Waals surface area contributed by atoms with Crippen molar-refractivity contribution in [1.29, 1.82) is 0 Å². The number of carbonyl (C=O) groups is 1. The highest BCUT2D eigenvalue weighted by Gasteiger charge is 2.50. The van der Waals surface area contributed by atoms with E-state index in [1.54, 1.807) is 30.3 Å². The summed E-state index contributed by atoms with van der Waals surface area (Å²) in [4.78, 5) is 30.7. The van der Waals surface area contributed by atoms with Gasteiger partial charge in [0, 0.05) is 31.4 Å². The molecule has 6 rings (SSSR count). The first-order valence-electron chi connectivity index (χ1n) is 13.7. The second-order valence-electron chi connectivity index (χ2n) is 10.7. The molecule has 2 aromatic heterocycles. The lowest BCUT2D eigenvalue weighted by molar-refractivity contribution is -0.158. The zero-order valence-electron chi connectivity index (χ0n) is 23.1. The Kier molecular flexibility index (Phi) is 7.59. The lowest BCUT2D eigenvalue weighted by Gasteiger charge is -2.22. The van der Waals surface area contributed by atoms with E-state index in [-0.39, 0.29) is 38.3 Å². The Hall–Kier alpha value is -4.44. The number of nitrogens with one attached hydrogen (secondary N) is 1. The molecule has 2 fully saturated rings. The number of carbonyl (C=O) groups excluding carboxylic acids is 1. The molecule has 1 saturated carbocycles. The van der Waals surface area contributed by atoms with Gasteiger partial charge in [-0.15, -0.1) is 0 Å². The minimum Gasteiger partial charge on any atom is -0.340 e. The zero-order chi connectivity index (χ0) is 32.3. The Morgan fingerprint density at radius 3 is 2.29 bits per heavy atom. The summed E-state index contributed by atoms with van der Waals surface area (Å²) in [5.41, 5.74) is -2.81. The minimum absolute atomic E-state index is 0.0439. The van der Waals surface area contributed by atoms with E-state index in [9.17, 15) is 35.6 Å². The lowest BCUT2D eigenvalue weighted by Crippen LogP contribution is -2.48. The van der Waals surface area contributed by atoms with Gasteiger partial charge in [0.15, 0.2) is 17.3 Å². The number of hydrogen-bond acceptors (Lipinski definition) is 5. The second kappa shape index (κ2) is 11.2. The maximum atomic E-state index is 15.1. The number of benzene rings is 2. The molecule has 1 atom stereocenters. The summed E-state index contributed by atoms with van der Waals surface area (Å²) in [5, 5.41) is 1.35. The molecular weight excluding hydrogens is 628 g/mol. The smallest absolute Gasteiger partial charge is 0.340 e. The van der Waals surface area contributed by atoms with Gasteiger partial charge in [0.1, 0.15) is 28.9 Å². The molecular formula is C29H23F6N5O4S. The van der Waals surface area contributed by atoms with Gasteiger partial charge in [0.2, 0.25) is 5.43 Å². The largest absolute Gasteiger partial charge is 0.408 e. The van der Waals surface area contributed by atoms with Crippen molar-refractivity contribution in [2.24, 2.45) is 5.92 Å². The first-order chi connectivity index (χ1) is 21.3. The number of amides is 1. The number of halogens is 6. The molecule has 0 radical (unpaired) electrons. The van der Waals surface area contributed by atoms with Gasteiger partial charge in [-0.1, -0.05) is 30.3 Å². The van der Waals surface area contributed by atoms with Gasteiger partial charge >= 0.3 is 16.4 Å². The summed E-state index contributed by atoms with van der Waals surface area (Å²) in [5.74, 6) is -6.83. The molecule has 9 nitrogen and oxygen atoms in total. The predicted molar refractivity (Wildman–Crippen MR) is 150 cm³/mol. The topological polar surface area (TPSA) is 105 Å². The highest BCUT2D eigenvalue weighted by molar-refractivity contribution is 7.90. The van der Waals surface area contributed by atoms with E-state index < -0.39 is 79.4 Å². The minimum atomic E-state index is -4.83. The van der Waals surface area contributed by atoms with Crippen LogP contribution in [-0.2, 0) is 16.8 Å². The van der Waals surface area contributed by atoms with E-state index in [1.807, 2.05) is 5.32 Å². The average Bonchev–Trinajstić information content (AvgIpc) is 3.76. The van der Waals surface area contributed by atoms with Gasteiger partial charge in [-0.25, -0.2) is 22.5 Å².